The highest BCUT2D eigenvalue weighted by Gasteiger charge is 2.19. The van der Waals surface area contributed by atoms with Gasteiger partial charge in [-0.25, -0.2) is 4.79 Å². The molecule has 0 saturated carbocycles. The summed E-state index contributed by atoms with van der Waals surface area (Å²) in [6.07, 6.45) is 2.00. The summed E-state index contributed by atoms with van der Waals surface area (Å²) < 4.78 is 5.46. The van der Waals surface area contributed by atoms with Crippen LogP contribution in [0.25, 0.3) is 0 Å². The van der Waals surface area contributed by atoms with Crippen LogP contribution in [0.1, 0.15) is 30.1 Å². The number of carboxylic acids is 1. The van der Waals surface area contributed by atoms with E-state index in [2.05, 4.69) is 12.2 Å². The quantitative estimate of drug-likeness (QED) is 0.619. The molecule has 0 unspecified atom stereocenters. The molecular weight excluding hydrogens is 262 g/mol. The average Bonchev–Trinajstić information content (AvgIpc) is 2.45. The number of amides is 1. The van der Waals surface area contributed by atoms with Gasteiger partial charge in [0.25, 0.3) is 5.91 Å². The average molecular weight is 281 g/mol. The highest BCUT2D eigenvalue weighted by atomic mass is 16.5. The van der Waals surface area contributed by atoms with Gasteiger partial charge in [-0.2, -0.15) is 0 Å². The highest BCUT2D eigenvalue weighted by Crippen LogP contribution is 2.12. The van der Waals surface area contributed by atoms with Gasteiger partial charge in [-0.3, -0.25) is 4.79 Å². The van der Waals surface area contributed by atoms with Crippen LogP contribution in [0.4, 0.5) is 0 Å². The molecule has 6 heteroatoms. The molecule has 1 atom stereocenters. The van der Waals surface area contributed by atoms with E-state index in [1.807, 2.05) is 0 Å². The summed E-state index contributed by atoms with van der Waals surface area (Å²) in [5.74, 6) is -1.17. The molecule has 110 valence electrons. The summed E-state index contributed by atoms with van der Waals surface area (Å²) in [6.45, 7) is 2.03. The first kappa shape index (κ1) is 16.0. The number of hydrogen-bond acceptors (Lipinski definition) is 4. The van der Waals surface area contributed by atoms with Crippen LogP contribution < -0.4 is 10.1 Å². The van der Waals surface area contributed by atoms with E-state index in [9.17, 15) is 9.59 Å². The Kier molecular flexibility index (Phi) is 6.52. The number of nitrogens with one attached hydrogen (secondary N) is 1. The first-order valence-corrected chi connectivity index (χ1v) is 6.45. The zero-order valence-electron chi connectivity index (χ0n) is 11.3. The number of aliphatic hydroxyl groups is 1. The lowest BCUT2D eigenvalue weighted by molar-refractivity contribution is -0.140. The number of carboxylic acid groups (broad SMARTS) is 1. The summed E-state index contributed by atoms with van der Waals surface area (Å²) in [5.41, 5.74) is 0.313. The van der Waals surface area contributed by atoms with Crippen molar-refractivity contribution in [3.63, 3.8) is 0 Å². The molecule has 1 aromatic carbocycles. The maximum Gasteiger partial charge on any atom is 0.328 e. The van der Waals surface area contributed by atoms with E-state index in [-0.39, 0.29) is 0 Å². The number of aliphatic carboxylic acids is 1. The molecule has 0 saturated heterocycles. The summed E-state index contributed by atoms with van der Waals surface area (Å²) in [6, 6.07) is 5.10. The molecule has 20 heavy (non-hydrogen) atoms. The lowest BCUT2D eigenvalue weighted by Crippen LogP contribution is -2.43. The van der Waals surface area contributed by atoms with Crippen molar-refractivity contribution in [2.24, 2.45) is 0 Å². The van der Waals surface area contributed by atoms with Gasteiger partial charge < -0.3 is 20.3 Å². The Morgan fingerprint density at radius 1 is 1.30 bits per heavy atom. The largest absolute Gasteiger partial charge is 0.494 e. The van der Waals surface area contributed by atoms with Gasteiger partial charge >= 0.3 is 5.97 Å². The Bertz CT molecular complexity index is 443. The van der Waals surface area contributed by atoms with Gasteiger partial charge in [0.2, 0.25) is 0 Å². The second-order valence-electron chi connectivity index (χ2n) is 4.27. The van der Waals surface area contributed by atoms with Crippen LogP contribution in [0, 0.1) is 0 Å². The van der Waals surface area contributed by atoms with Gasteiger partial charge in [-0.15, -0.1) is 0 Å². The molecule has 0 spiro atoms. The summed E-state index contributed by atoms with van der Waals surface area (Å²) in [4.78, 5) is 22.5. The normalized spacial score (nSPS) is 11.7. The minimum Gasteiger partial charge on any atom is -0.494 e. The Balaban J connectivity index is 2.59. The van der Waals surface area contributed by atoms with Crippen LogP contribution in [0.5, 0.6) is 5.75 Å². The Labute approximate surface area is 117 Å². The smallest absolute Gasteiger partial charge is 0.328 e. The van der Waals surface area contributed by atoms with Crippen molar-refractivity contribution < 1.29 is 24.5 Å². The molecule has 0 radical (unpaired) electrons. The van der Waals surface area contributed by atoms with E-state index in [0.717, 1.165) is 12.8 Å². The minimum atomic E-state index is -1.30. The standard InChI is InChI=1S/C14H19NO5/c1-2-3-8-20-11-6-4-10(5-7-11)13(17)15-12(9-16)14(18)19/h4-7,12,16H,2-3,8-9H2,1H3,(H,15,17)(H,18,19)/t12-/m1/s1. The number of ether oxygens (including phenoxy) is 1. The number of unbranched alkanes of at least 4 members (excludes halogenated alkanes) is 1. The lowest BCUT2D eigenvalue weighted by atomic mass is 10.2. The molecule has 6 nitrogen and oxygen atoms in total. The van der Waals surface area contributed by atoms with Crippen LogP contribution in [-0.2, 0) is 4.79 Å². The third-order valence-electron chi connectivity index (χ3n) is 2.67. The number of hydrogen-bond donors (Lipinski definition) is 3. The SMILES string of the molecule is CCCCOc1ccc(C(=O)N[C@H](CO)C(=O)O)cc1. The fraction of sp³-hybridized carbons (Fsp3) is 0.429. The van der Waals surface area contributed by atoms with Crippen molar-refractivity contribution in [1.82, 2.24) is 5.32 Å². The van der Waals surface area contributed by atoms with Crippen LogP contribution in [0.2, 0.25) is 0 Å². The molecule has 3 N–H and O–H groups in total. The van der Waals surface area contributed by atoms with E-state index in [0.29, 0.717) is 17.9 Å². The zero-order chi connectivity index (χ0) is 15.0. The number of benzene rings is 1. The third-order valence-corrected chi connectivity index (χ3v) is 2.67. The van der Waals surface area contributed by atoms with Gasteiger partial charge in [-0.05, 0) is 30.7 Å². The molecule has 0 aliphatic rings. The van der Waals surface area contributed by atoms with Gasteiger partial charge in [0.05, 0.1) is 13.2 Å². The van der Waals surface area contributed by atoms with Gasteiger partial charge in [-0.1, -0.05) is 13.3 Å². The maximum absolute atomic E-state index is 11.8. The summed E-state index contributed by atoms with van der Waals surface area (Å²) in [5, 5.41) is 19.8. The van der Waals surface area contributed by atoms with Crippen LogP contribution in [0.3, 0.4) is 0 Å². The van der Waals surface area contributed by atoms with E-state index < -0.39 is 24.5 Å². The fourth-order valence-electron chi connectivity index (χ4n) is 1.46. The molecule has 0 aliphatic heterocycles. The van der Waals surface area contributed by atoms with E-state index >= 15 is 0 Å². The molecule has 1 rings (SSSR count). The minimum absolute atomic E-state index is 0.313. The molecule has 0 aromatic heterocycles. The molecule has 0 heterocycles. The first-order chi connectivity index (χ1) is 9.58. The first-order valence-electron chi connectivity index (χ1n) is 6.45. The van der Waals surface area contributed by atoms with Crippen LogP contribution in [0.15, 0.2) is 24.3 Å². The summed E-state index contributed by atoms with van der Waals surface area (Å²) in [7, 11) is 0. The molecular formula is C14H19NO5. The number of rotatable bonds is 8. The van der Waals surface area contributed by atoms with Gasteiger partial charge in [0.15, 0.2) is 6.04 Å². The van der Waals surface area contributed by atoms with Crippen LogP contribution in [-0.4, -0.2) is 41.3 Å². The number of carbonyl (C=O) groups excluding carboxylic acids is 1. The van der Waals surface area contributed by atoms with Crippen molar-refractivity contribution in [1.29, 1.82) is 0 Å². The van der Waals surface area contributed by atoms with Gasteiger partial charge in [0, 0.05) is 5.56 Å². The predicted octanol–water partition coefficient (Wildman–Crippen LogP) is 1.04. The lowest BCUT2D eigenvalue weighted by Gasteiger charge is -2.12. The van der Waals surface area contributed by atoms with Gasteiger partial charge in [0.1, 0.15) is 5.75 Å². The van der Waals surface area contributed by atoms with E-state index in [1.165, 1.54) is 0 Å². The predicted molar refractivity (Wildman–Crippen MR) is 72.8 cm³/mol. The topological polar surface area (TPSA) is 95.9 Å². The monoisotopic (exact) mass is 281 g/mol. The molecule has 0 aliphatic carbocycles. The van der Waals surface area contributed by atoms with E-state index in [4.69, 9.17) is 14.9 Å². The Morgan fingerprint density at radius 3 is 2.45 bits per heavy atom. The molecule has 0 fully saturated rings. The maximum atomic E-state index is 11.8. The Morgan fingerprint density at radius 2 is 1.95 bits per heavy atom. The van der Waals surface area contributed by atoms with Crippen molar-refractivity contribution in [2.75, 3.05) is 13.2 Å². The highest BCUT2D eigenvalue weighted by molar-refractivity contribution is 5.96. The third kappa shape index (κ3) is 4.89. The Hall–Kier alpha value is -2.08. The van der Waals surface area contributed by atoms with Crippen molar-refractivity contribution >= 4 is 11.9 Å². The fourth-order valence-corrected chi connectivity index (χ4v) is 1.46. The number of carbonyl (C=O) groups is 2. The van der Waals surface area contributed by atoms with Crippen molar-refractivity contribution in [3.05, 3.63) is 29.8 Å². The van der Waals surface area contributed by atoms with Crippen molar-refractivity contribution in [2.45, 2.75) is 25.8 Å². The van der Waals surface area contributed by atoms with Crippen LogP contribution >= 0.6 is 0 Å². The van der Waals surface area contributed by atoms with Crippen molar-refractivity contribution in [3.8, 4) is 5.75 Å². The second kappa shape index (κ2) is 8.16. The second-order valence-corrected chi connectivity index (χ2v) is 4.27. The molecule has 0 bridgehead atoms. The molecule has 1 aromatic rings. The number of aliphatic hydroxyl groups excluding tert-OH is 1. The zero-order valence-corrected chi connectivity index (χ0v) is 11.3. The van der Waals surface area contributed by atoms with E-state index in [1.54, 1.807) is 24.3 Å². The molecule has 1 amide bonds. The summed E-state index contributed by atoms with van der Waals surface area (Å²) >= 11 is 0.